The maximum absolute atomic E-state index is 12.5. The minimum absolute atomic E-state index is 0.0278. The standard InChI is InChI=1S/C23H16Cl2N2O5S/c1-14-2-8-19(9-3-14)33(30,31)32-22-20(24)11-15(12-21(22)25)10-16(13-26)23(29)27-17-4-6-18(28)7-5-17/h2-12,28H,1H3,(H,27,29)/b16-10+. The summed E-state index contributed by atoms with van der Waals surface area (Å²) >= 11 is 12.4. The zero-order chi connectivity index (χ0) is 24.2. The van der Waals surface area contributed by atoms with Crippen molar-refractivity contribution in [3.05, 3.63) is 87.4 Å². The number of carbonyl (C=O) groups excluding carboxylic acids is 1. The van der Waals surface area contributed by atoms with E-state index < -0.39 is 16.0 Å². The molecule has 0 fully saturated rings. The molecular weight excluding hydrogens is 487 g/mol. The molecule has 3 aromatic rings. The maximum atomic E-state index is 12.5. The number of amides is 1. The van der Waals surface area contributed by atoms with Gasteiger partial charge in [0.05, 0.1) is 10.0 Å². The zero-order valence-electron chi connectivity index (χ0n) is 17.0. The van der Waals surface area contributed by atoms with Gasteiger partial charge in [0.1, 0.15) is 22.3 Å². The summed E-state index contributed by atoms with van der Waals surface area (Å²) in [4.78, 5) is 12.3. The Morgan fingerprint density at radius 1 is 1.06 bits per heavy atom. The molecule has 7 nitrogen and oxygen atoms in total. The molecular formula is C23H16Cl2N2O5S. The van der Waals surface area contributed by atoms with Crippen molar-refractivity contribution < 1.29 is 22.5 Å². The largest absolute Gasteiger partial charge is 0.508 e. The number of nitrogens with zero attached hydrogens (tertiary/aromatic N) is 1. The number of carbonyl (C=O) groups is 1. The van der Waals surface area contributed by atoms with Crippen LogP contribution in [0, 0.1) is 18.3 Å². The van der Waals surface area contributed by atoms with Crippen LogP contribution in [0.25, 0.3) is 6.08 Å². The number of phenols is 1. The Kier molecular flexibility index (Phi) is 7.29. The third kappa shape index (κ3) is 6.05. The molecule has 168 valence electrons. The van der Waals surface area contributed by atoms with Gasteiger partial charge in [-0.1, -0.05) is 40.9 Å². The van der Waals surface area contributed by atoms with E-state index in [0.29, 0.717) is 5.69 Å². The van der Waals surface area contributed by atoms with E-state index in [4.69, 9.17) is 27.4 Å². The number of aryl methyl sites for hydroxylation is 1. The van der Waals surface area contributed by atoms with Crippen molar-refractivity contribution in [2.75, 3.05) is 5.32 Å². The van der Waals surface area contributed by atoms with Gasteiger partial charge in [0.15, 0.2) is 5.75 Å². The van der Waals surface area contributed by atoms with Gasteiger partial charge in [-0.15, -0.1) is 0 Å². The molecule has 0 atom stereocenters. The molecule has 10 heteroatoms. The number of aromatic hydroxyl groups is 1. The second kappa shape index (κ2) is 9.96. The molecule has 0 aliphatic carbocycles. The summed E-state index contributed by atoms with van der Waals surface area (Å²) in [7, 11) is -4.19. The van der Waals surface area contributed by atoms with Crippen LogP contribution in [0.2, 0.25) is 10.0 Å². The highest BCUT2D eigenvalue weighted by atomic mass is 35.5. The lowest BCUT2D eigenvalue weighted by molar-refractivity contribution is -0.112. The first-order valence-electron chi connectivity index (χ1n) is 9.31. The molecule has 33 heavy (non-hydrogen) atoms. The van der Waals surface area contributed by atoms with Crippen molar-refractivity contribution in [1.29, 1.82) is 5.26 Å². The number of rotatable bonds is 6. The lowest BCUT2D eigenvalue weighted by Gasteiger charge is -2.11. The second-order valence-electron chi connectivity index (χ2n) is 6.83. The first kappa shape index (κ1) is 24.1. The van der Waals surface area contributed by atoms with Gasteiger partial charge in [0.2, 0.25) is 0 Å². The molecule has 0 heterocycles. The van der Waals surface area contributed by atoms with Crippen molar-refractivity contribution >= 4 is 51.0 Å². The number of nitriles is 1. The third-order valence-corrected chi connectivity index (χ3v) is 6.12. The summed E-state index contributed by atoms with van der Waals surface area (Å²) < 4.78 is 30.2. The average Bonchev–Trinajstić information content (AvgIpc) is 2.76. The number of anilines is 1. The summed E-state index contributed by atoms with van der Waals surface area (Å²) in [6.45, 7) is 1.82. The highest BCUT2D eigenvalue weighted by Gasteiger charge is 2.21. The van der Waals surface area contributed by atoms with Gasteiger partial charge in [0, 0.05) is 5.69 Å². The van der Waals surface area contributed by atoms with Gasteiger partial charge >= 0.3 is 10.1 Å². The molecule has 2 N–H and O–H groups in total. The first-order valence-corrected chi connectivity index (χ1v) is 11.5. The van der Waals surface area contributed by atoms with Crippen molar-refractivity contribution in [3.63, 3.8) is 0 Å². The van der Waals surface area contributed by atoms with Crippen LogP contribution in [0.1, 0.15) is 11.1 Å². The predicted molar refractivity (Wildman–Crippen MR) is 126 cm³/mol. The fraction of sp³-hybridized carbons (Fsp3) is 0.0435. The van der Waals surface area contributed by atoms with Gasteiger partial charge in [0.25, 0.3) is 5.91 Å². The van der Waals surface area contributed by atoms with Gasteiger partial charge in [-0.25, -0.2) is 0 Å². The summed E-state index contributed by atoms with van der Waals surface area (Å²) in [5.74, 6) is -0.944. The number of hydrogen-bond donors (Lipinski definition) is 2. The predicted octanol–water partition coefficient (Wildman–Crippen LogP) is 5.32. The van der Waals surface area contributed by atoms with Crippen molar-refractivity contribution in [3.8, 4) is 17.6 Å². The highest BCUT2D eigenvalue weighted by molar-refractivity contribution is 7.87. The lowest BCUT2D eigenvalue weighted by Crippen LogP contribution is -2.13. The van der Waals surface area contributed by atoms with Crippen molar-refractivity contribution in [1.82, 2.24) is 0 Å². The van der Waals surface area contributed by atoms with Gasteiger partial charge < -0.3 is 14.6 Å². The number of hydrogen-bond acceptors (Lipinski definition) is 6. The molecule has 0 saturated heterocycles. The number of phenolic OH excluding ortho intramolecular Hbond substituents is 1. The van der Waals surface area contributed by atoms with E-state index in [1.54, 1.807) is 18.2 Å². The molecule has 0 aromatic heterocycles. The third-order valence-electron chi connectivity index (χ3n) is 4.32. The molecule has 0 aliphatic heterocycles. The van der Waals surface area contributed by atoms with Crippen LogP contribution in [-0.4, -0.2) is 19.4 Å². The van der Waals surface area contributed by atoms with E-state index in [1.807, 2.05) is 6.92 Å². The maximum Gasteiger partial charge on any atom is 0.339 e. The fourth-order valence-electron chi connectivity index (χ4n) is 2.66. The Labute approximate surface area is 200 Å². The molecule has 0 unspecified atom stereocenters. The van der Waals surface area contributed by atoms with Crippen LogP contribution >= 0.6 is 23.2 Å². The van der Waals surface area contributed by atoms with Crippen LogP contribution in [0.3, 0.4) is 0 Å². The monoisotopic (exact) mass is 502 g/mol. The Balaban J connectivity index is 1.85. The molecule has 0 spiro atoms. The average molecular weight is 503 g/mol. The number of halogens is 2. The Morgan fingerprint density at radius 3 is 2.18 bits per heavy atom. The molecule has 0 aliphatic rings. The topological polar surface area (TPSA) is 116 Å². The van der Waals surface area contributed by atoms with Crippen LogP contribution in [0.15, 0.2) is 71.1 Å². The normalized spacial score (nSPS) is 11.5. The summed E-state index contributed by atoms with van der Waals surface area (Å²) in [6.07, 6.45) is 1.24. The fourth-order valence-corrected chi connectivity index (χ4v) is 4.30. The summed E-state index contributed by atoms with van der Waals surface area (Å²) in [5, 5.41) is 21.0. The lowest BCUT2D eigenvalue weighted by atomic mass is 10.1. The molecule has 1 amide bonds. The molecule has 3 aromatic carbocycles. The summed E-state index contributed by atoms with van der Waals surface area (Å²) in [5.41, 5.74) is 1.28. The van der Waals surface area contributed by atoms with Crippen LogP contribution in [0.4, 0.5) is 5.69 Å². The Bertz CT molecular complexity index is 1350. The van der Waals surface area contributed by atoms with Gasteiger partial charge in [-0.05, 0) is 67.1 Å². The Hall–Kier alpha value is -3.51. The molecule has 0 saturated carbocycles. The van der Waals surface area contributed by atoms with E-state index in [2.05, 4.69) is 5.32 Å². The SMILES string of the molecule is Cc1ccc(S(=O)(=O)Oc2c(Cl)cc(/C=C(\C#N)C(=O)Nc3ccc(O)cc3)cc2Cl)cc1. The van der Waals surface area contributed by atoms with E-state index in [-0.39, 0.29) is 37.6 Å². The van der Waals surface area contributed by atoms with Crippen molar-refractivity contribution in [2.45, 2.75) is 11.8 Å². The molecule has 0 radical (unpaired) electrons. The highest BCUT2D eigenvalue weighted by Crippen LogP contribution is 2.37. The van der Waals surface area contributed by atoms with Crippen molar-refractivity contribution in [2.24, 2.45) is 0 Å². The quantitative estimate of drug-likeness (QED) is 0.204. The smallest absolute Gasteiger partial charge is 0.339 e. The van der Waals surface area contributed by atoms with Gasteiger partial charge in [-0.2, -0.15) is 13.7 Å². The number of nitrogens with one attached hydrogen (secondary N) is 1. The van der Waals surface area contributed by atoms with Crippen LogP contribution in [-0.2, 0) is 14.9 Å². The van der Waals surface area contributed by atoms with Crippen LogP contribution < -0.4 is 9.50 Å². The first-order chi connectivity index (χ1) is 15.6. The molecule has 3 rings (SSSR count). The Morgan fingerprint density at radius 2 is 1.64 bits per heavy atom. The minimum Gasteiger partial charge on any atom is -0.508 e. The molecule has 0 bridgehead atoms. The van der Waals surface area contributed by atoms with Crippen LogP contribution in [0.5, 0.6) is 11.5 Å². The van der Waals surface area contributed by atoms with Gasteiger partial charge in [-0.3, -0.25) is 4.79 Å². The minimum atomic E-state index is -4.19. The van der Waals surface area contributed by atoms with E-state index in [1.165, 1.54) is 54.6 Å². The van der Waals surface area contributed by atoms with E-state index in [9.17, 15) is 23.6 Å². The zero-order valence-corrected chi connectivity index (χ0v) is 19.4. The van der Waals surface area contributed by atoms with E-state index in [0.717, 1.165) is 5.56 Å². The second-order valence-corrected chi connectivity index (χ2v) is 9.20. The van der Waals surface area contributed by atoms with E-state index >= 15 is 0 Å². The number of benzene rings is 3. The summed E-state index contributed by atoms with van der Waals surface area (Å²) in [6, 6.07) is 16.2.